The van der Waals surface area contributed by atoms with Gasteiger partial charge in [0.1, 0.15) is 24.3 Å². The Bertz CT molecular complexity index is 717. The van der Waals surface area contributed by atoms with Gasteiger partial charge in [0.25, 0.3) is 0 Å². The van der Waals surface area contributed by atoms with Gasteiger partial charge in [-0.3, -0.25) is 4.79 Å². The number of nitrogens with zero attached hydrogens (tertiary/aromatic N) is 1. The summed E-state index contributed by atoms with van der Waals surface area (Å²) in [6.45, 7) is 6.32. The van der Waals surface area contributed by atoms with Crippen LogP contribution >= 0.6 is 0 Å². The highest BCUT2D eigenvalue weighted by atomic mass is 16.6. The van der Waals surface area contributed by atoms with E-state index in [4.69, 9.17) is 15.2 Å². The number of ether oxygens (including phenoxy) is 2. The number of benzene rings is 1. The number of likely N-dealkylation sites (tertiary alicyclic amines) is 1. The Morgan fingerprint density at radius 1 is 1.23 bits per heavy atom. The van der Waals surface area contributed by atoms with Crippen LogP contribution in [0.4, 0.5) is 4.79 Å². The summed E-state index contributed by atoms with van der Waals surface area (Å²) in [6.07, 6.45) is 1.50. The van der Waals surface area contributed by atoms with E-state index in [1.165, 1.54) is 4.90 Å². The normalized spacial score (nSPS) is 17.3. The lowest BCUT2D eigenvalue weighted by Crippen LogP contribution is -2.52. The predicted molar refractivity (Wildman–Crippen MR) is 112 cm³/mol. The molecule has 8 heteroatoms. The number of nitrogens with two attached hydrogens (primary N) is 1. The zero-order chi connectivity index (χ0) is 22.1. The fraction of sp³-hybridized carbons (Fsp3) is 0.591. The summed E-state index contributed by atoms with van der Waals surface area (Å²) in [7, 11) is 0. The topological polar surface area (TPSA) is 111 Å². The fourth-order valence-electron chi connectivity index (χ4n) is 3.33. The van der Waals surface area contributed by atoms with Crippen LogP contribution in [-0.4, -0.2) is 53.6 Å². The summed E-state index contributed by atoms with van der Waals surface area (Å²) >= 11 is 0. The third kappa shape index (κ3) is 7.33. The molecule has 1 aromatic carbocycles. The Balaban J connectivity index is 2.00. The van der Waals surface area contributed by atoms with Gasteiger partial charge in [-0.25, -0.2) is 9.59 Å². The van der Waals surface area contributed by atoms with Crippen LogP contribution in [0, 0.1) is 0 Å². The third-order valence-electron chi connectivity index (χ3n) is 4.71. The SMILES string of the molecule is CC(C)(C)OC(=O)[C@@H]1CCCN1C(=O)[C@H](CCCN)NC(=O)OCc1ccccc1. The number of hydrogen-bond acceptors (Lipinski definition) is 6. The van der Waals surface area contributed by atoms with Gasteiger partial charge in [-0.15, -0.1) is 0 Å². The summed E-state index contributed by atoms with van der Waals surface area (Å²) in [6, 6.07) is 7.84. The van der Waals surface area contributed by atoms with E-state index in [0.29, 0.717) is 38.8 Å². The molecule has 0 spiro atoms. The molecule has 1 fully saturated rings. The maximum absolute atomic E-state index is 13.1. The summed E-state index contributed by atoms with van der Waals surface area (Å²) < 4.78 is 10.7. The minimum Gasteiger partial charge on any atom is -0.458 e. The Kier molecular flexibility index (Phi) is 8.65. The molecule has 0 radical (unpaired) electrons. The lowest BCUT2D eigenvalue weighted by atomic mass is 10.1. The van der Waals surface area contributed by atoms with Crippen LogP contribution < -0.4 is 11.1 Å². The minimum atomic E-state index is -0.806. The zero-order valence-corrected chi connectivity index (χ0v) is 18.1. The highest BCUT2D eigenvalue weighted by Crippen LogP contribution is 2.22. The van der Waals surface area contributed by atoms with Crippen LogP contribution in [-0.2, 0) is 25.7 Å². The molecule has 8 nitrogen and oxygen atoms in total. The van der Waals surface area contributed by atoms with E-state index in [1.807, 2.05) is 30.3 Å². The average molecular weight is 420 g/mol. The first-order chi connectivity index (χ1) is 14.2. The van der Waals surface area contributed by atoms with Crippen LogP contribution in [0.2, 0.25) is 0 Å². The molecule has 1 aromatic rings. The molecule has 1 aliphatic rings. The van der Waals surface area contributed by atoms with Crippen molar-refractivity contribution >= 4 is 18.0 Å². The Morgan fingerprint density at radius 3 is 2.57 bits per heavy atom. The lowest BCUT2D eigenvalue weighted by molar-refractivity contribution is -0.163. The van der Waals surface area contributed by atoms with Gasteiger partial charge in [0.15, 0.2) is 0 Å². The van der Waals surface area contributed by atoms with Gasteiger partial charge < -0.3 is 25.4 Å². The van der Waals surface area contributed by atoms with Crippen LogP contribution in [0.3, 0.4) is 0 Å². The van der Waals surface area contributed by atoms with Gasteiger partial charge in [-0.2, -0.15) is 0 Å². The maximum Gasteiger partial charge on any atom is 0.408 e. The van der Waals surface area contributed by atoms with E-state index >= 15 is 0 Å². The van der Waals surface area contributed by atoms with Gasteiger partial charge in [0, 0.05) is 6.54 Å². The molecule has 0 unspecified atom stereocenters. The van der Waals surface area contributed by atoms with Crippen molar-refractivity contribution < 1.29 is 23.9 Å². The minimum absolute atomic E-state index is 0.106. The van der Waals surface area contributed by atoms with Gasteiger partial charge in [-0.1, -0.05) is 30.3 Å². The highest BCUT2D eigenvalue weighted by molar-refractivity contribution is 5.90. The average Bonchev–Trinajstić information content (AvgIpc) is 3.18. The molecule has 2 amide bonds. The van der Waals surface area contributed by atoms with Crippen molar-refractivity contribution in [2.45, 2.75) is 70.7 Å². The highest BCUT2D eigenvalue weighted by Gasteiger charge is 2.39. The summed E-state index contributed by atoms with van der Waals surface area (Å²) in [5.74, 6) is -0.731. The number of amides is 2. The van der Waals surface area contributed by atoms with Crippen molar-refractivity contribution in [3.05, 3.63) is 35.9 Å². The molecule has 0 aliphatic carbocycles. The molecule has 1 aliphatic heterocycles. The Hall–Kier alpha value is -2.61. The number of rotatable bonds is 8. The van der Waals surface area contributed by atoms with Crippen LogP contribution in [0.1, 0.15) is 52.0 Å². The number of nitrogens with one attached hydrogen (secondary N) is 1. The van der Waals surface area contributed by atoms with E-state index in [0.717, 1.165) is 5.56 Å². The second-order valence-corrected chi connectivity index (χ2v) is 8.41. The Labute approximate surface area is 178 Å². The number of alkyl carbamates (subject to hydrolysis) is 1. The molecule has 30 heavy (non-hydrogen) atoms. The summed E-state index contributed by atoms with van der Waals surface area (Å²) in [5, 5.41) is 2.65. The van der Waals surface area contributed by atoms with Crippen LogP contribution in [0.5, 0.6) is 0 Å². The molecule has 2 atom stereocenters. The van der Waals surface area contributed by atoms with Gasteiger partial charge in [0.05, 0.1) is 0 Å². The molecule has 3 N–H and O–H groups in total. The molecule has 166 valence electrons. The number of carbonyl (C=O) groups is 3. The number of esters is 1. The standard InChI is InChI=1S/C22H33N3O5/c1-22(2,3)30-20(27)18-12-8-14-25(18)19(26)17(11-7-13-23)24-21(28)29-15-16-9-5-4-6-10-16/h4-6,9-10,17-18H,7-8,11-15,23H2,1-3H3,(H,24,28)/t17-,18-/m0/s1. The van der Waals surface area contributed by atoms with Gasteiger partial charge in [-0.05, 0) is 58.6 Å². The molecule has 0 bridgehead atoms. The lowest BCUT2D eigenvalue weighted by Gasteiger charge is -2.30. The smallest absolute Gasteiger partial charge is 0.408 e. The summed E-state index contributed by atoms with van der Waals surface area (Å²) in [4.78, 5) is 39.5. The largest absolute Gasteiger partial charge is 0.458 e. The second kappa shape index (κ2) is 11.0. The second-order valence-electron chi connectivity index (χ2n) is 8.41. The third-order valence-corrected chi connectivity index (χ3v) is 4.71. The molecular formula is C22H33N3O5. The van der Waals surface area contributed by atoms with Crippen molar-refractivity contribution in [2.24, 2.45) is 5.73 Å². The molecule has 0 aromatic heterocycles. The number of carbonyl (C=O) groups excluding carboxylic acids is 3. The monoisotopic (exact) mass is 419 g/mol. The van der Waals surface area contributed by atoms with Gasteiger partial charge in [0.2, 0.25) is 5.91 Å². The van der Waals surface area contributed by atoms with Gasteiger partial charge >= 0.3 is 12.1 Å². The van der Waals surface area contributed by atoms with E-state index in [-0.39, 0.29) is 12.5 Å². The van der Waals surface area contributed by atoms with E-state index < -0.39 is 29.7 Å². The molecule has 1 heterocycles. The quantitative estimate of drug-likeness (QED) is 0.626. The van der Waals surface area contributed by atoms with Crippen molar-refractivity contribution in [3.63, 3.8) is 0 Å². The van der Waals surface area contributed by atoms with E-state index in [2.05, 4.69) is 5.32 Å². The van der Waals surface area contributed by atoms with Crippen molar-refractivity contribution in [1.29, 1.82) is 0 Å². The zero-order valence-electron chi connectivity index (χ0n) is 18.1. The molecule has 1 saturated heterocycles. The first-order valence-corrected chi connectivity index (χ1v) is 10.4. The van der Waals surface area contributed by atoms with Crippen molar-refractivity contribution in [2.75, 3.05) is 13.1 Å². The molecular weight excluding hydrogens is 386 g/mol. The van der Waals surface area contributed by atoms with E-state index in [9.17, 15) is 14.4 Å². The van der Waals surface area contributed by atoms with Crippen molar-refractivity contribution in [3.8, 4) is 0 Å². The number of hydrogen-bond donors (Lipinski definition) is 2. The Morgan fingerprint density at radius 2 is 1.93 bits per heavy atom. The summed E-state index contributed by atoms with van der Waals surface area (Å²) in [5.41, 5.74) is 5.81. The van der Waals surface area contributed by atoms with Crippen molar-refractivity contribution in [1.82, 2.24) is 10.2 Å². The fourth-order valence-corrected chi connectivity index (χ4v) is 3.33. The first-order valence-electron chi connectivity index (χ1n) is 10.4. The van der Waals surface area contributed by atoms with Crippen LogP contribution in [0.15, 0.2) is 30.3 Å². The molecule has 0 saturated carbocycles. The maximum atomic E-state index is 13.1. The van der Waals surface area contributed by atoms with Crippen LogP contribution in [0.25, 0.3) is 0 Å². The van der Waals surface area contributed by atoms with E-state index in [1.54, 1.807) is 20.8 Å². The first kappa shape index (κ1) is 23.7. The molecule has 2 rings (SSSR count). The predicted octanol–water partition coefficient (Wildman–Crippen LogP) is 2.35.